The van der Waals surface area contributed by atoms with Crippen LogP contribution in [-0.4, -0.2) is 78.3 Å². The molecule has 52 heavy (non-hydrogen) atoms. The van der Waals surface area contributed by atoms with Crippen LogP contribution in [0.15, 0.2) is 66.0 Å². The third-order valence-electron chi connectivity index (χ3n) is 11.9. The van der Waals surface area contributed by atoms with Crippen LogP contribution in [0.1, 0.15) is 89.2 Å². The molecule has 2 saturated carbocycles. The zero-order valence-electron chi connectivity index (χ0n) is 30.8. The van der Waals surface area contributed by atoms with Gasteiger partial charge in [0, 0.05) is 56.0 Å². The minimum Gasteiger partial charge on any atom is -0.462 e. The Morgan fingerprint density at radius 3 is 2.27 bits per heavy atom. The highest BCUT2D eigenvalue weighted by Crippen LogP contribution is 2.65. The summed E-state index contributed by atoms with van der Waals surface area (Å²) in [4.78, 5) is 71.6. The maximum Gasteiger partial charge on any atom is 0.340 e. The predicted molar refractivity (Wildman–Crippen MR) is 186 cm³/mol. The molecule has 9 unspecified atom stereocenters. The normalized spacial score (nSPS) is 32.4. The van der Waals surface area contributed by atoms with Gasteiger partial charge in [0.1, 0.15) is 23.9 Å². The number of nitrogens with one attached hydrogen (secondary N) is 1. The largest absolute Gasteiger partial charge is 0.462 e. The molecule has 2 bridgehead atoms. The molecule has 1 aromatic heterocycles. The van der Waals surface area contributed by atoms with Gasteiger partial charge in [0.2, 0.25) is 0 Å². The zero-order chi connectivity index (χ0) is 37.6. The van der Waals surface area contributed by atoms with E-state index in [1.54, 1.807) is 26.1 Å². The number of benzene rings is 1. The summed E-state index contributed by atoms with van der Waals surface area (Å²) in [6, 6.07) is 12.5. The minimum atomic E-state index is -1.17. The summed E-state index contributed by atoms with van der Waals surface area (Å²) in [5.74, 6) is -3.85. The number of allylic oxidation sites excluding steroid dienone is 1. The molecule has 12 heteroatoms. The summed E-state index contributed by atoms with van der Waals surface area (Å²) in [7, 11) is 1.78. The number of aromatic nitrogens is 1. The van der Waals surface area contributed by atoms with Crippen LogP contribution in [-0.2, 0) is 42.9 Å². The van der Waals surface area contributed by atoms with Gasteiger partial charge in [-0.1, -0.05) is 51.1 Å². The minimum absolute atomic E-state index is 0.0554. The van der Waals surface area contributed by atoms with Gasteiger partial charge < -0.3 is 29.0 Å². The molecule has 12 nitrogen and oxygen atoms in total. The summed E-state index contributed by atoms with van der Waals surface area (Å²) in [6.45, 7) is 10.2. The Labute approximate surface area is 304 Å². The Bertz CT molecular complexity index is 1750. The second-order valence-corrected chi connectivity index (χ2v) is 15.4. The Morgan fingerprint density at radius 2 is 1.67 bits per heavy atom. The van der Waals surface area contributed by atoms with Crippen LogP contribution in [0.3, 0.4) is 0 Å². The Kier molecular flexibility index (Phi) is 10.2. The lowest BCUT2D eigenvalue weighted by Crippen LogP contribution is -2.68. The van der Waals surface area contributed by atoms with Crippen molar-refractivity contribution in [1.82, 2.24) is 10.3 Å². The standard InChI is InChI=1S/C40H48N2O10/c1-22-29(45)18-27-33(49-23(2)43)35-39(6,16-15-30(40(35)21-48-40)51-31(46)19-28(41-7)25-12-9-8-10-13-25)36(52-37(47)26-14-11-17-42-20-26)34(50-24(3)44)32(22)38(27,4)5/h8-14,17,20,27-28,30,33-36,41H,15-16,18-19,21H2,1-7H3. The number of carbonyl (C=O) groups is 5. The van der Waals surface area contributed by atoms with Crippen molar-refractivity contribution < 1.29 is 47.7 Å². The van der Waals surface area contributed by atoms with E-state index in [2.05, 4.69) is 10.3 Å². The van der Waals surface area contributed by atoms with Crippen molar-refractivity contribution in [2.75, 3.05) is 13.7 Å². The van der Waals surface area contributed by atoms with Crippen LogP contribution in [0.2, 0.25) is 0 Å². The molecule has 1 N–H and O–H groups in total. The number of pyridine rings is 1. The number of hydrogen-bond acceptors (Lipinski definition) is 12. The van der Waals surface area contributed by atoms with E-state index in [1.165, 1.54) is 26.2 Å². The molecular formula is C40H48N2O10. The van der Waals surface area contributed by atoms with E-state index in [0.29, 0.717) is 24.0 Å². The van der Waals surface area contributed by atoms with Gasteiger partial charge in [-0.05, 0) is 61.1 Å². The zero-order valence-corrected chi connectivity index (χ0v) is 30.8. The first kappa shape index (κ1) is 37.3. The number of nitrogens with zero attached hydrogens (tertiary/aromatic N) is 1. The molecule has 1 spiro atoms. The highest BCUT2D eigenvalue weighted by atomic mass is 16.6. The number of ketones is 1. The predicted octanol–water partition coefficient (Wildman–Crippen LogP) is 4.86. The van der Waals surface area contributed by atoms with Gasteiger partial charge in [0.15, 0.2) is 11.9 Å². The maximum absolute atomic E-state index is 14.0. The molecule has 1 aromatic carbocycles. The van der Waals surface area contributed by atoms with Crippen molar-refractivity contribution in [2.24, 2.45) is 22.7 Å². The van der Waals surface area contributed by atoms with Crippen molar-refractivity contribution in [3.05, 3.63) is 77.1 Å². The summed E-state index contributed by atoms with van der Waals surface area (Å²) < 4.78 is 31.6. The number of Topliss-reactive ketones (excluding diaryl/α,β-unsaturated/α-hetero) is 1. The molecule has 0 amide bonds. The van der Waals surface area contributed by atoms with E-state index in [1.807, 2.05) is 51.1 Å². The Hall–Kier alpha value is -4.42. The maximum atomic E-state index is 14.0. The smallest absolute Gasteiger partial charge is 0.340 e. The SMILES string of the molecule is CNC(CC(=O)OC1CCC2(C)C(OC(=O)c3cccnc3)C(OC(C)=O)C3=C(C)C(=O)CC(C(OC(C)=O)C2C12CO2)C3(C)C)c1ccccc1. The number of hydrogen-bond donors (Lipinski definition) is 1. The molecule has 9 atom stereocenters. The second kappa shape index (κ2) is 14.2. The Balaban J connectivity index is 1.48. The van der Waals surface area contributed by atoms with Crippen molar-refractivity contribution in [3.63, 3.8) is 0 Å². The van der Waals surface area contributed by atoms with Gasteiger partial charge in [-0.15, -0.1) is 0 Å². The first-order valence-electron chi connectivity index (χ1n) is 17.9. The third-order valence-corrected chi connectivity index (χ3v) is 11.9. The van der Waals surface area contributed by atoms with E-state index >= 15 is 0 Å². The van der Waals surface area contributed by atoms with Gasteiger partial charge in [0.05, 0.1) is 18.6 Å². The van der Waals surface area contributed by atoms with E-state index in [-0.39, 0.29) is 36.8 Å². The number of fused-ring (bicyclic) bond motifs is 4. The monoisotopic (exact) mass is 716 g/mol. The lowest BCUT2D eigenvalue weighted by Gasteiger charge is -2.60. The first-order chi connectivity index (χ1) is 24.6. The van der Waals surface area contributed by atoms with E-state index in [4.69, 9.17) is 23.7 Å². The number of ether oxygens (including phenoxy) is 5. The van der Waals surface area contributed by atoms with Crippen LogP contribution in [0.25, 0.3) is 0 Å². The van der Waals surface area contributed by atoms with Crippen LogP contribution in [0, 0.1) is 22.7 Å². The highest BCUT2D eigenvalue weighted by molar-refractivity contribution is 5.97. The van der Waals surface area contributed by atoms with Crippen molar-refractivity contribution in [1.29, 1.82) is 0 Å². The van der Waals surface area contributed by atoms with E-state index in [0.717, 1.165) is 5.56 Å². The van der Waals surface area contributed by atoms with Crippen LogP contribution in [0.4, 0.5) is 0 Å². The average Bonchev–Trinajstić information content (AvgIpc) is 3.89. The molecule has 2 heterocycles. The van der Waals surface area contributed by atoms with Crippen molar-refractivity contribution in [3.8, 4) is 0 Å². The molecular weight excluding hydrogens is 668 g/mol. The van der Waals surface area contributed by atoms with E-state index < -0.39 is 76.6 Å². The summed E-state index contributed by atoms with van der Waals surface area (Å²) in [5, 5.41) is 3.20. The van der Waals surface area contributed by atoms with Gasteiger partial charge in [-0.2, -0.15) is 0 Å². The first-order valence-corrected chi connectivity index (χ1v) is 17.9. The van der Waals surface area contributed by atoms with Crippen molar-refractivity contribution >= 4 is 29.7 Å². The fraction of sp³-hybridized carbons (Fsp3) is 0.550. The lowest BCUT2D eigenvalue weighted by molar-refractivity contribution is -0.220. The van der Waals surface area contributed by atoms with Crippen LogP contribution < -0.4 is 5.32 Å². The molecule has 3 fully saturated rings. The fourth-order valence-corrected chi connectivity index (χ4v) is 9.41. The van der Waals surface area contributed by atoms with Crippen molar-refractivity contribution in [2.45, 2.75) is 103 Å². The molecule has 4 aliphatic rings. The summed E-state index contributed by atoms with van der Waals surface area (Å²) in [5.41, 5.74) is -1.09. The van der Waals surface area contributed by atoms with Crippen LogP contribution in [0.5, 0.6) is 0 Å². The number of carbonyl (C=O) groups excluding carboxylic acids is 5. The molecule has 1 saturated heterocycles. The van der Waals surface area contributed by atoms with Gasteiger partial charge >= 0.3 is 23.9 Å². The molecule has 3 aliphatic carbocycles. The highest BCUT2D eigenvalue weighted by Gasteiger charge is 2.74. The van der Waals surface area contributed by atoms with Gasteiger partial charge in [-0.3, -0.25) is 24.2 Å². The van der Waals surface area contributed by atoms with E-state index in [9.17, 15) is 24.0 Å². The average molecular weight is 717 g/mol. The summed E-state index contributed by atoms with van der Waals surface area (Å²) in [6.07, 6.45) is -0.349. The molecule has 1 aliphatic heterocycles. The molecule has 0 radical (unpaired) electrons. The number of esters is 4. The molecule has 6 rings (SSSR count). The van der Waals surface area contributed by atoms with Crippen LogP contribution >= 0.6 is 0 Å². The number of rotatable bonds is 9. The van der Waals surface area contributed by atoms with Gasteiger partial charge in [0.25, 0.3) is 0 Å². The number of epoxide rings is 1. The fourth-order valence-electron chi connectivity index (χ4n) is 9.41. The topological polar surface area (TPSA) is 160 Å². The molecule has 278 valence electrons. The third kappa shape index (κ3) is 6.67. The molecule has 2 aromatic rings. The quantitative estimate of drug-likeness (QED) is 0.214. The van der Waals surface area contributed by atoms with Gasteiger partial charge in [-0.25, -0.2) is 4.79 Å². The summed E-state index contributed by atoms with van der Waals surface area (Å²) >= 11 is 0. The Morgan fingerprint density at radius 1 is 0.981 bits per heavy atom. The second-order valence-electron chi connectivity index (χ2n) is 15.4. The lowest BCUT2D eigenvalue weighted by atomic mass is 9.48.